The van der Waals surface area contributed by atoms with Crippen molar-refractivity contribution in [3.8, 4) is 0 Å². The third-order valence-electron chi connectivity index (χ3n) is 5.80. The topological polar surface area (TPSA) is 67.9 Å². The molecule has 0 saturated carbocycles. The molecule has 8 heteroatoms. The number of likely N-dealkylation sites (N-methyl/N-ethyl adjacent to an activating group) is 1. The summed E-state index contributed by atoms with van der Waals surface area (Å²) < 4.78 is 13.0. The molecule has 7 nitrogen and oxygen atoms in total. The van der Waals surface area contributed by atoms with Gasteiger partial charge < -0.3 is 20.4 Å². The normalized spacial score (nSPS) is 15.8. The van der Waals surface area contributed by atoms with E-state index in [-0.39, 0.29) is 18.4 Å². The number of hydrogen-bond acceptors (Lipinski definition) is 5. The summed E-state index contributed by atoms with van der Waals surface area (Å²) >= 11 is 0. The van der Waals surface area contributed by atoms with Gasteiger partial charge in [0.2, 0.25) is 0 Å². The van der Waals surface area contributed by atoms with Crippen LogP contribution in [0.25, 0.3) is 0 Å². The predicted molar refractivity (Wildman–Crippen MR) is 124 cm³/mol. The Bertz CT molecular complexity index is 894. The molecule has 2 aromatic rings. The number of anilines is 1. The monoisotopic (exact) mass is 441 g/mol. The maximum Gasteiger partial charge on any atom is 0.309 e. The van der Waals surface area contributed by atoms with Crippen LogP contribution in [0.1, 0.15) is 17.2 Å². The first kappa shape index (κ1) is 23.7. The van der Waals surface area contributed by atoms with Crippen molar-refractivity contribution >= 4 is 17.5 Å². The van der Waals surface area contributed by atoms with Crippen LogP contribution in [0.4, 0.5) is 10.1 Å². The first-order valence-corrected chi connectivity index (χ1v) is 10.8. The van der Waals surface area contributed by atoms with E-state index < -0.39 is 11.8 Å². The van der Waals surface area contributed by atoms with Gasteiger partial charge >= 0.3 is 11.8 Å². The molecule has 0 aliphatic carbocycles. The Morgan fingerprint density at radius 3 is 2.12 bits per heavy atom. The van der Waals surface area contributed by atoms with Crippen LogP contribution in [0.3, 0.4) is 0 Å². The van der Waals surface area contributed by atoms with Crippen molar-refractivity contribution in [2.45, 2.75) is 12.6 Å². The highest BCUT2D eigenvalue weighted by molar-refractivity contribution is 6.35. The Hall–Kier alpha value is -2.97. The van der Waals surface area contributed by atoms with Gasteiger partial charge in [-0.25, -0.2) is 4.39 Å². The van der Waals surface area contributed by atoms with Crippen LogP contribution in [0.5, 0.6) is 0 Å². The van der Waals surface area contributed by atoms with Crippen molar-refractivity contribution in [3.63, 3.8) is 0 Å². The minimum Gasteiger partial charge on any atom is -0.378 e. The number of halogens is 1. The van der Waals surface area contributed by atoms with E-state index in [1.165, 1.54) is 12.1 Å². The molecule has 1 fully saturated rings. The summed E-state index contributed by atoms with van der Waals surface area (Å²) in [6.07, 6.45) is 0. The zero-order valence-electron chi connectivity index (χ0n) is 19.0. The summed E-state index contributed by atoms with van der Waals surface area (Å²) in [4.78, 5) is 31.3. The summed E-state index contributed by atoms with van der Waals surface area (Å²) in [5, 5.41) is 5.38. The molecule has 0 radical (unpaired) electrons. The van der Waals surface area contributed by atoms with Crippen LogP contribution >= 0.6 is 0 Å². The molecule has 0 bridgehead atoms. The zero-order chi connectivity index (χ0) is 23.1. The summed E-state index contributed by atoms with van der Waals surface area (Å²) in [6.45, 7) is 4.21. The second-order valence-corrected chi connectivity index (χ2v) is 8.36. The molecule has 1 heterocycles. The van der Waals surface area contributed by atoms with E-state index in [4.69, 9.17) is 0 Å². The molecule has 32 heavy (non-hydrogen) atoms. The van der Waals surface area contributed by atoms with Gasteiger partial charge in [0.15, 0.2) is 0 Å². The van der Waals surface area contributed by atoms with E-state index in [1.807, 2.05) is 19.0 Å². The summed E-state index contributed by atoms with van der Waals surface area (Å²) in [6, 6.07) is 14.1. The Labute approximate surface area is 189 Å². The van der Waals surface area contributed by atoms with Gasteiger partial charge in [0.25, 0.3) is 0 Å². The van der Waals surface area contributed by atoms with Crippen LogP contribution in [0.2, 0.25) is 0 Å². The lowest BCUT2D eigenvalue weighted by Gasteiger charge is -2.38. The van der Waals surface area contributed by atoms with Gasteiger partial charge in [-0.2, -0.15) is 0 Å². The van der Waals surface area contributed by atoms with Crippen LogP contribution in [-0.2, 0) is 16.1 Å². The van der Waals surface area contributed by atoms with E-state index in [1.54, 1.807) is 12.1 Å². The number of benzene rings is 2. The van der Waals surface area contributed by atoms with Crippen LogP contribution in [0, 0.1) is 5.82 Å². The molecule has 0 aromatic heterocycles. The average Bonchev–Trinajstić information content (AvgIpc) is 2.80. The first-order valence-electron chi connectivity index (χ1n) is 10.8. The zero-order valence-corrected chi connectivity index (χ0v) is 19.0. The number of hydrogen-bond donors (Lipinski definition) is 2. The highest BCUT2D eigenvalue weighted by Crippen LogP contribution is 2.24. The van der Waals surface area contributed by atoms with E-state index in [0.29, 0.717) is 6.54 Å². The van der Waals surface area contributed by atoms with E-state index in [9.17, 15) is 14.0 Å². The lowest BCUT2D eigenvalue weighted by Crippen LogP contribution is -2.49. The molecular weight excluding hydrogens is 409 g/mol. The fraction of sp³-hybridized carbons (Fsp3) is 0.417. The standard InChI is InChI=1S/C24H32FN5O2/c1-28(2)21-10-6-19(7-11-21)22(30-14-12-29(3)13-15-30)17-27-24(32)23(31)26-16-18-4-8-20(25)9-5-18/h4-11,22H,12-17H2,1-3H3,(H,26,31)(H,27,32)/t22-/m0/s1. The quantitative estimate of drug-likeness (QED) is 0.639. The maximum atomic E-state index is 13.0. The number of carbonyl (C=O) groups is 2. The molecule has 3 rings (SSSR count). The second-order valence-electron chi connectivity index (χ2n) is 8.36. The van der Waals surface area contributed by atoms with Gasteiger partial charge in [0.1, 0.15) is 5.82 Å². The second kappa shape index (κ2) is 11.1. The molecule has 0 spiro atoms. The smallest absolute Gasteiger partial charge is 0.309 e. The molecule has 1 aliphatic rings. The summed E-state index contributed by atoms with van der Waals surface area (Å²) in [7, 11) is 6.10. The van der Waals surface area contributed by atoms with Gasteiger partial charge in [-0.1, -0.05) is 24.3 Å². The minimum atomic E-state index is -0.700. The summed E-state index contributed by atoms with van der Waals surface area (Å²) in [5.74, 6) is -1.71. The van der Waals surface area contributed by atoms with E-state index >= 15 is 0 Å². The van der Waals surface area contributed by atoms with Crippen molar-refractivity contribution in [1.29, 1.82) is 0 Å². The average molecular weight is 442 g/mol. The van der Waals surface area contributed by atoms with Gasteiger partial charge in [0, 0.05) is 59.1 Å². The third-order valence-corrected chi connectivity index (χ3v) is 5.80. The van der Waals surface area contributed by atoms with Crippen molar-refractivity contribution < 1.29 is 14.0 Å². The highest BCUT2D eigenvalue weighted by Gasteiger charge is 2.25. The Morgan fingerprint density at radius 1 is 0.938 bits per heavy atom. The molecule has 1 saturated heterocycles. The number of piperazine rings is 1. The lowest BCUT2D eigenvalue weighted by atomic mass is 10.0. The first-order chi connectivity index (χ1) is 15.3. The predicted octanol–water partition coefficient (Wildman–Crippen LogP) is 1.61. The number of nitrogens with zero attached hydrogens (tertiary/aromatic N) is 3. The van der Waals surface area contributed by atoms with Crippen molar-refractivity contribution in [1.82, 2.24) is 20.4 Å². The molecule has 2 aromatic carbocycles. The van der Waals surface area contributed by atoms with E-state index in [0.717, 1.165) is 43.0 Å². The molecule has 0 unspecified atom stereocenters. The molecule has 172 valence electrons. The molecule has 2 N–H and O–H groups in total. The third kappa shape index (κ3) is 6.51. The van der Waals surface area contributed by atoms with Crippen LogP contribution in [-0.4, -0.2) is 75.5 Å². The van der Waals surface area contributed by atoms with Gasteiger partial charge in [-0.3, -0.25) is 14.5 Å². The summed E-state index contributed by atoms with van der Waals surface area (Å²) in [5.41, 5.74) is 2.94. The molecule has 1 atom stereocenters. The van der Waals surface area contributed by atoms with Gasteiger partial charge in [-0.15, -0.1) is 0 Å². The molecule has 2 amide bonds. The minimum absolute atomic E-state index is 0.0197. The Morgan fingerprint density at radius 2 is 1.53 bits per heavy atom. The lowest BCUT2D eigenvalue weighted by molar-refractivity contribution is -0.139. The van der Waals surface area contributed by atoms with Crippen LogP contribution in [0.15, 0.2) is 48.5 Å². The molecule has 1 aliphatic heterocycles. The highest BCUT2D eigenvalue weighted by atomic mass is 19.1. The van der Waals surface area contributed by atoms with Crippen molar-refractivity contribution in [2.75, 3.05) is 58.8 Å². The number of nitrogens with one attached hydrogen (secondary N) is 2. The largest absolute Gasteiger partial charge is 0.378 e. The Balaban J connectivity index is 1.61. The van der Waals surface area contributed by atoms with Crippen molar-refractivity contribution in [3.05, 3.63) is 65.5 Å². The number of carbonyl (C=O) groups excluding carboxylic acids is 2. The van der Waals surface area contributed by atoms with Gasteiger partial charge in [0.05, 0.1) is 6.04 Å². The van der Waals surface area contributed by atoms with Crippen LogP contribution < -0.4 is 15.5 Å². The SMILES string of the molecule is CN1CCN([C@@H](CNC(=O)C(=O)NCc2ccc(F)cc2)c2ccc(N(C)C)cc2)CC1. The fourth-order valence-corrected chi connectivity index (χ4v) is 3.72. The fourth-order valence-electron chi connectivity index (χ4n) is 3.72. The molecular formula is C24H32FN5O2. The van der Waals surface area contributed by atoms with E-state index in [2.05, 4.69) is 51.7 Å². The maximum absolute atomic E-state index is 13.0. The number of amides is 2. The van der Waals surface area contributed by atoms with Gasteiger partial charge in [-0.05, 0) is 42.4 Å². The Kier molecular flexibility index (Phi) is 8.19. The van der Waals surface area contributed by atoms with Crippen molar-refractivity contribution in [2.24, 2.45) is 0 Å². The number of rotatable bonds is 7.